The van der Waals surface area contributed by atoms with Crippen molar-refractivity contribution < 1.29 is 5.11 Å². The third-order valence-corrected chi connectivity index (χ3v) is 3.64. The normalized spacial score (nSPS) is 10.9. The highest BCUT2D eigenvalue weighted by Gasteiger charge is 2.13. The molecule has 0 radical (unpaired) electrons. The summed E-state index contributed by atoms with van der Waals surface area (Å²) in [5, 5.41) is 10.7. The number of phenolic OH excluding ortho intramolecular Hbond substituents is 1. The van der Waals surface area contributed by atoms with Crippen LogP contribution in [0.5, 0.6) is 5.75 Å². The van der Waals surface area contributed by atoms with Gasteiger partial charge in [-0.1, -0.05) is 39.7 Å². The van der Waals surface area contributed by atoms with Crippen LogP contribution >= 0.6 is 27.5 Å². The number of aromatic nitrogens is 2. The summed E-state index contributed by atoms with van der Waals surface area (Å²) in [6.45, 7) is 0. The fourth-order valence-corrected chi connectivity index (χ4v) is 2.77. The number of halogens is 2. The van der Waals surface area contributed by atoms with E-state index in [1.165, 1.54) is 0 Å². The first-order valence-corrected chi connectivity index (χ1v) is 6.91. The molecule has 2 aromatic carbocycles. The molecule has 20 heavy (non-hydrogen) atoms. The summed E-state index contributed by atoms with van der Waals surface area (Å²) in [7, 11) is 0. The number of nitrogens with one attached hydrogen (secondary N) is 1. The average Bonchev–Trinajstić information content (AvgIpc) is 2.43. The molecule has 0 aliphatic rings. The Morgan fingerprint density at radius 1 is 1.25 bits per heavy atom. The van der Waals surface area contributed by atoms with E-state index >= 15 is 0 Å². The molecule has 0 unspecified atom stereocenters. The van der Waals surface area contributed by atoms with E-state index in [4.69, 9.17) is 11.6 Å². The van der Waals surface area contributed by atoms with E-state index in [9.17, 15) is 9.90 Å². The summed E-state index contributed by atoms with van der Waals surface area (Å²) in [5.74, 6) is 0.155. The molecule has 3 aromatic rings. The molecule has 3 rings (SSSR count). The highest BCUT2D eigenvalue weighted by molar-refractivity contribution is 9.10. The van der Waals surface area contributed by atoms with Crippen molar-refractivity contribution in [3.8, 4) is 17.1 Å². The van der Waals surface area contributed by atoms with Crippen LogP contribution in [-0.2, 0) is 0 Å². The van der Waals surface area contributed by atoms with Gasteiger partial charge in [-0.05, 0) is 24.3 Å². The number of benzene rings is 2. The molecular formula is C14H8BrClN2O2. The second kappa shape index (κ2) is 4.92. The molecular weight excluding hydrogens is 344 g/mol. The second-order valence-corrected chi connectivity index (χ2v) is 5.54. The van der Waals surface area contributed by atoms with E-state index in [1.807, 2.05) is 0 Å². The summed E-state index contributed by atoms with van der Waals surface area (Å²) in [6, 6.07) is 10.2. The number of hydrogen-bond acceptors (Lipinski definition) is 3. The van der Waals surface area contributed by atoms with Crippen LogP contribution < -0.4 is 5.56 Å². The zero-order valence-corrected chi connectivity index (χ0v) is 12.4. The lowest BCUT2D eigenvalue weighted by Crippen LogP contribution is -2.09. The third-order valence-electron chi connectivity index (χ3n) is 2.90. The summed E-state index contributed by atoms with van der Waals surface area (Å²) >= 11 is 9.22. The number of H-pyrrole nitrogens is 1. The molecule has 0 saturated heterocycles. The molecule has 0 saturated carbocycles. The number of rotatable bonds is 1. The highest BCUT2D eigenvalue weighted by Crippen LogP contribution is 2.36. The van der Waals surface area contributed by atoms with Crippen LogP contribution in [0.3, 0.4) is 0 Å². The second-order valence-electron chi connectivity index (χ2n) is 4.22. The Balaban J connectivity index is 2.33. The van der Waals surface area contributed by atoms with Gasteiger partial charge in [0, 0.05) is 4.47 Å². The van der Waals surface area contributed by atoms with Gasteiger partial charge in [-0.2, -0.15) is 0 Å². The Morgan fingerprint density at radius 3 is 2.80 bits per heavy atom. The van der Waals surface area contributed by atoms with E-state index in [2.05, 4.69) is 25.9 Å². The van der Waals surface area contributed by atoms with Gasteiger partial charge in [-0.3, -0.25) is 4.79 Å². The Bertz CT molecular complexity index is 877. The largest absolute Gasteiger partial charge is 0.506 e. The number of fused-ring (bicyclic) bond motifs is 1. The lowest BCUT2D eigenvalue weighted by atomic mass is 10.1. The standard InChI is InChI=1S/C14H8BrClN2O2/c15-7-5-9(12(19)10(16)6-7)13-17-11-4-2-1-3-8(11)14(20)18-13/h1-6,19H,(H,17,18,20). The number of aromatic hydroxyl groups is 1. The minimum atomic E-state index is -0.263. The van der Waals surface area contributed by atoms with Crippen LogP contribution in [0.25, 0.3) is 22.3 Å². The molecule has 4 nitrogen and oxygen atoms in total. The Labute approximate surface area is 127 Å². The number of para-hydroxylation sites is 1. The summed E-state index contributed by atoms with van der Waals surface area (Å²) < 4.78 is 0.686. The van der Waals surface area contributed by atoms with Gasteiger partial charge in [-0.15, -0.1) is 0 Å². The summed E-state index contributed by atoms with van der Waals surface area (Å²) in [6.07, 6.45) is 0. The molecule has 0 fully saturated rings. The fourth-order valence-electron chi connectivity index (χ4n) is 1.96. The van der Waals surface area contributed by atoms with Gasteiger partial charge in [0.25, 0.3) is 5.56 Å². The fraction of sp³-hybridized carbons (Fsp3) is 0. The summed E-state index contributed by atoms with van der Waals surface area (Å²) in [5.41, 5.74) is 0.662. The smallest absolute Gasteiger partial charge is 0.259 e. The lowest BCUT2D eigenvalue weighted by Gasteiger charge is -2.07. The SMILES string of the molecule is O=c1[nH]c(-c2cc(Br)cc(Cl)c2O)nc2ccccc12. The molecule has 0 aliphatic carbocycles. The van der Waals surface area contributed by atoms with Gasteiger partial charge in [0.2, 0.25) is 0 Å². The quantitative estimate of drug-likeness (QED) is 0.702. The molecule has 1 heterocycles. The van der Waals surface area contributed by atoms with Crippen molar-refractivity contribution in [3.05, 3.63) is 56.2 Å². The number of hydrogen-bond donors (Lipinski definition) is 2. The minimum absolute atomic E-state index is 0.117. The van der Waals surface area contributed by atoms with E-state index < -0.39 is 0 Å². The topological polar surface area (TPSA) is 66.0 Å². The molecule has 0 atom stereocenters. The van der Waals surface area contributed by atoms with Crippen LogP contribution in [0.15, 0.2) is 45.7 Å². The van der Waals surface area contributed by atoms with E-state index in [0.29, 0.717) is 20.9 Å². The predicted molar refractivity (Wildman–Crippen MR) is 82.2 cm³/mol. The molecule has 0 amide bonds. The Hall–Kier alpha value is -1.85. The maximum Gasteiger partial charge on any atom is 0.259 e. The molecule has 0 bridgehead atoms. The van der Waals surface area contributed by atoms with Crippen LogP contribution in [0.2, 0.25) is 5.02 Å². The number of phenols is 1. The molecule has 6 heteroatoms. The number of aromatic amines is 1. The van der Waals surface area contributed by atoms with Gasteiger partial charge < -0.3 is 10.1 Å². The lowest BCUT2D eigenvalue weighted by molar-refractivity contribution is 0.477. The van der Waals surface area contributed by atoms with Crippen LogP contribution in [0, 0.1) is 0 Å². The van der Waals surface area contributed by atoms with Gasteiger partial charge >= 0.3 is 0 Å². The third kappa shape index (κ3) is 2.19. The van der Waals surface area contributed by atoms with Crippen LogP contribution in [-0.4, -0.2) is 15.1 Å². The molecule has 1 aromatic heterocycles. The van der Waals surface area contributed by atoms with Crippen molar-refractivity contribution in [2.75, 3.05) is 0 Å². The molecule has 0 aliphatic heterocycles. The maximum atomic E-state index is 12.0. The van der Waals surface area contributed by atoms with Gasteiger partial charge in [0.1, 0.15) is 11.6 Å². The van der Waals surface area contributed by atoms with Crippen molar-refractivity contribution in [1.82, 2.24) is 9.97 Å². The van der Waals surface area contributed by atoms with E-state index in [1.54, 1.807) is 36.4 Å². The van der Waals surface area contributed by atoms with E-state index in [-0.39, 0.29) is 22.2 Å². The Morgan fingerprint density at radius 2 is 2.00 bits per heavy atom. The first kappa shape index (κ1) is 13.1. The minimum Gasteiger partial charge on any atom is -0.506 e. The average molecular weight is 352 g/mol. The van der Waals surface area contributed by atoms with E-state index in [0.717, 1.165) is 0 Å². The summed E-state index contributed by atoms with van der Waals surface area (Å²) in [4.78, 5) is 19.0. The van der Waals surface area contributed by atoms with Crippen molar-refractivity contribution in [3.63, 3.8) is 0 Å². The molecule has 0 spiro atoms. The van der Waals surface area contributed by atoms with Crippen LogP contribution in [0.4, 0.5) is 0 Å². The zero-order chi connectivity index (χ0) is 14.3. The Kier molecular flexibility index (Phi) is 3.23. The van der Waals surface area contributed by atoms with Crippen LogP contribution in [0.1, 0.15) is 0 Å². The van der Waals surface area contributed by atoms with Crippen molar-refractivity contribution in [1.29, 1.82) is 0 Å². The zero-order valence-electron chi connectivity index (χ0n) is 10.0. The predicted octanol–water partition coefficient (Wildman–Crippen LogP) is 3.71. The van der Waals surface area contributed by atoms with Gasteiger partial charge in [-0.25, -0.2) is 4.98 Å². The molecule has 100 valence electrons. The van der Waals surface area contributed by atoms with Crippen molar-refractivity contribution in [2.24, 2.45) is 0 Å². The highest BCUT2D eigenvalue weighted by atomic mass is 79.9. The van der Waals surface area contributed by atoms with Gasteiger partial charge in [0.05, 0.1) is 21.5 Å². The first-order chi connectivity index (χ1) is 9.56. The monoisotopic (exact) mass is 350 g/mol. The van der Waals surface area contributed by atoms with Crippen molar-refractivity contribution >= 4 is 38.4 Å². The first-order valence-electron chi connectivity index (χ1n) is 5.73. The van der Waals surface area contributed by atoms with Crippen molar-refractivity contribution in [2.45, 2.75) is 0 Å². The maximum absolute atomic E-state index is 12.0. The molecule has 2 N–H and O–H groups in total. The van der Waals surface area contributed by atoms with Gasteiger partial charge in [0.15, 0.2) is 0 Å². The number of nitrogens with zero attached hydrogens (tertiary/aromatic N) is 1.